The quantitative estimate of drug-likeness (QED) is 0.587. The second kappa shape index (κ2) is 4.24. The molecule has 0 aliphatic heterocycles. The van der Waals surface area contributed by atoms with E-state index < -0.39 is 8.07 Å². The Kier molecular flexibility index (Phi) is 4.37. The van der Waals surface area contributed by atoms with Gasteiger partial charge in [0.2, 0.25) is 0 Å². The van der Waals surface area contributed by atoms with Crippen LogP contribution in [0.25, 0.3) is 0 Å². The van der Waals surface area contributed by atoms with Crippen LogP contribution in [0.1, 0.15) is 6.92 Å². The van der Waals surface area contributed by atoms with E-state index in [1.807, 2.05) is 11.8 Å². The summed E-state index contributed by atoms with van der Waals surface area (Å²) in [7, 11) is -0.878. The Morgan fingerprint density at radius 1 is 1.40 bits per heavy atom. The Hall–Kier alpha value is 0.307. The number of rotatable bonds is 4. The fraction of sp³-hybridized carbons (Fsp3) is 0.750. The lowest BCUT2D eigenvalue weighted by Gasteiger charge is -2.16. The van der Waals surface area contributed by atoms with Crippen molar-refractivity contribution in [3.63, 3.8) is 0 Å². The lowest BCUT2D eigenvalue weighted by molar-refractivity contribution is 1.47. The molecule has 0 aromatic rings. The van der Waals surface area contributed by atoms with Gasteiger partial charge in [-0.1, -0.05) is 33.1 Å². The van der Waals surface area contributed by atoms with Gasteiger partial charge in [0.25, 0.3) is 0 Å². The van der Waals surface area contributed by atoms with Crippen LogP contribution in [-0.4, -0.2) is 13.8 Å². The molecule has 2 heteroatoms. The average molecular weight is 174 g/mol. The highest BCUT2D eigenvalue weighted by Gasteiger charge is 2.13. The van der Waals surface area contributed by atoms with Gasteiger partial charge in [0.15, 0.2) is 0 Å². The van der Waals surface area contributed by atoms with Gasteiger partial charge in [-0.15, -0.1) is 11.8 Å². The molecule has 0 aromatic heterocycles. The van der Waals surface area contributed by atoms with E-state index in [-0.39, 0.29) is 0 Å². The van der Waals surface area contributed by atoms with Crippen molar-refractivity contribution in [2.24, 2.45) is 0 Å². The molecular weight excluding hydrogens is 156 g/mol. The normalized spacial score (nSPS) is 11.6. The minimum absolute atomic E-state index is 0.878. The van der Waals surface area contributed by atoms with Gasteiger partial charge in [-0.25, -0.2) is 0 Å². The van der Waals surface area contributed by atoms with Crippen molar-refractivity contribution in [2.75, 3.05) is 5.75 Å². The zero-order chi connectivity index (χ0) is 8.20. The Labute approximate surface area is 70.1 Å². The third-order valence-electron chi connectivity index (χ3n) is 1.08. The summed E-state index contributed by atoms with van der Waals surface area (Å²) in [6, 6.07) is 1.27. The molecule has 0 heterocycles. The summed E-state index contributed by atoms with van der Waals surface area (Å²) < 4.78 is 0. The molecule has 0 rings (SSSR count). The molecule has 0 aliphatic rings. The highest BCUT2D eigenvalue weighted by molar-refractivity contribution is 8.03. The van der Waals surface area contributed by atoms with Crippen molar-refractivity contribution in [3.8, 4) is 0 Å². The predicted octanol–water partition coefficient (Wildman–Crippen LogP) is 3.59. The number of hydrogen-bond donors (Lipinski definition) is 0. The fourth-order valence-corrected chi connectivity index (χ4v) is 4.15. The summed E-state index contributed by atoms with van der Waals surface area (Å²) in [6.07, 6.45) is 0. The van der Waals surface area contributed by atoms with Crippen LogP contribution in [0.5, 0.6) is 0 Å². The van der Waals surface area contributed by atoms with Gasteiger partial charge in [0.1, 0.15) is 0 Å². The van der Waals surface area contributed by atoms with Gasteiger partial charge in [-0.3, -0.25) is 0 Å². The average Bonchev–Trinajstić information content (AvgIpc) is 1.59. The number of hydrogen-bond acceptors (Lipinski definition) is 1. The molecule has 0 nitrogen and oxygen atoms in total. The SMILES string of the molecule is C=C(C[Si](C)(C)C)SCC. The molecule has 0 N–H and O–H groups in total. The van der Waals surface area contributed by atoms with Crippen LogP contribution < -0.4 is 0 Å². The van der Waals surface area contributed by atoms with Crippen LogP contribution in [0.4, 0.5) is 0 Å². The molecule has 0 aromatic carbocycles. The lowest BCUT2D eigenvalue weighted by Crippen LogP contribution is -2.18. The minimum atomic E-state index is -0.878. The Morgan fingerprint density at radius 2 is 1.90 bits per heavy atom. The van der Waals surface area contributed by atoms with Crippen LogP contribution in [0.2, 0.25) is 25.7 Å². The monoisotopic (exact) mass is 174 g/mol. The second-order valence-corrected chi connectivity index (χ2v) is 10.6. The smallest absolute Gasteiger partial charge is 0.0493 e. The molecule has 0 bridgehead atoms. The first-order valence-corrected chi connectivity index (χ1v) is 8.45. The maximum atomic E-state index is 4.03. The zero-order valence-electron chi connectivity index (χ0n) is 7.53. The molecule has 60 valence electrons. The highest BCUT2D eigenvalue weighted by atomic mass is 32.2. The number of allylic oxidation sites excluding steroid dienone is 1. The summed E-state index contributed by atoms with van der Waals surface area (Å²) in [4.78, 5) is 1.38. The van der Waals surface area contributed by atoms with Gasteiger partial charge in [-0.05, 0) is 16.7 Å². The Balaban J connectivity index is 3.58. The summed E-state index contributed by atoms with van der Waals surface area (Å²) in [5, 5.41) is 0. The van der Waals surface area contributed by atoms with E-state index >= 15 is 0 Å². The molecule has 0 amide bonds. The predicted molar refractivity (Wildman–Crippen MR) is 55.4 cm³/mol. The molecule has 0 fully saturated rings. The third kappa shape index (κ3) is 6.43. The molecule has 0 saturated carbocycles. The van der Waals surface area contributed by atoms with Crippen molar-refractivity contribution >= 4 is 19.8 Å². The van der Waals surface area contributed by atoms with Gasteiger partial charge < -0.3 is 0 Å². The van der Waals surface area contributed by atoms with Crippen molar-refractivity contribution in [3.05, 3.63) is 11.5 Å². The van der Waals surface area contributed by atoms with Crippen molar-refractivity contribution in [1.82, 2.24) is 0 Å². The molecule has 0 radical (unpaired) electrons. The maximum Gasteiger partial charge on any atom is 0.0493 e. The number of thioether (sulfide) groups is 1. The van der Waals surface area contributed by atoms with Crippen LogP contribution in [-0.2, 0) is 0 Å². The first-order chi connectivity index (χ1) is 4.45. The van der Waals surface area contributed by atoms with Gasteiger partial charge in [0, 0.05) is 8.07 Å². The van der Waals surface area contributed by atoms with E-state index in [1.54, 1.807) is 0 Å². The molecule has 0 aliphatic carbocycles. The maximum absolute atomic E-state index is 4.03. The second-order valence-electron chi connectivity index (χ2n) is 3.71. The minimum Gasteiger partial charge on any atom is -0.132 e. The lowest BCUT2D eigenvalue weighted by atomic mass is 10.7. The van der Waals surface area contributed by atoms with Crippen LogP contribution in [0.15, 0.2) is 11.5 Å². The first kappa shape index (κ1) is 10.3. The Morgan fingerprint density at radius 3 is 2.20 bits per heavy atom. The summed E-state index contributed by atoms with van der Waals surface area (Å²) in [5.41, 5.74) is 0. The molecule has 0 unspecified atom stereocenters. The molecule has 0 atom stereocenters. The van der Waals surface area contributed by atoms with E-state index in [4.69, 9.17) is 0 Å². The summed E-state index contributed by atoms with van der Waals surface area (Å²) >= 11 is 1.90. The molecule has 0 spiro atoms. The standard InChI is InChI=1S/C8H18SSi/c1-6-9-8(2)7-10(3,4)5/h2,6-7H2,1,3-5H3. The topological polar surface area (TPSA) is 0 Å². The summed E-state index contributed by atoms with van der Waals surface area (Å²) in [5.74, 6) is 1.17. The first-order valence-electron chi connectivity index (χ1n) is 3.76. The highest BCUT2D eigenvalue weighted by Crippen LogP contribution is 2.23. The van der Waals surface area contributed by atoms with Gasteiger partial charge >= 0.3 is 0 Å². The molecular formula is C8H18SSi. The zero-order valence-corrected chi connectivity index (χ0v) is 9.35. The molecule has 0 saturated heterocycles. The largest absolute Gasteiger partial charge is 0.132 e. The van der Waals surface area contributed by atoms with Crippen molar-refractivity contribution in [1.29, 1.82) is 0 Å². The van der Waals surface area contributed by atoms with E-state index in [0.29, 0.717) is 0 Å². The van der Waals surface area contributed by atoms with Gasteiger partial charge in [0.05, 0.1) is 0 Å². The van der Waals surface area contributed by atoms with E-state index in [9.17, 15) is 0 Å². The van der Waals surface area contributed by atoms with Crippen LogP contribution in [0, 0.1) is 0 Å². The Bertz CT molecular complexity index is 113. The van der Waals surface area contributed by atoms with Crippen molar-refractivity contribution < 1.29 is 0 Å². The fourth-order valence-electron chi connectivity index (χ4n) is 0.847. The van der Waals surface area contributed by atoms with E-state index in [2.05, 4.69) is 33.1 Å². The van der Waals surface area contributed by atoms with Gasteiger partial charge in [-0.2, -0.15) is 0 Å². The third-order valence-corrected chi connectivity index (χ3v) is 3.66. The van der Waals surface area contributed by atoms with Crippen molar-refractivity contribution in [2.45, 2.75) is 32.6 Å². The molecule has 10 heavy (non-hydrogen) atoms. The van der Waals surface area contributed by atoms with Crippen LogP contribution in [0.3, 0.4) is 0 Å². The summed E-state index contributed by atoms with van der Waals surface area (Å²) in [6.45, 7) is 13.4. The van der Waals surface area contributed by atoms with E-state index in [0.717, 1.165) is 0 Å². The van der Waals surface area contributed by atoms with E-state index in [1.165, 1.54) is 16.7 Å². The van der Waals surface area contributed by atoms with Crippen LogP contribution >= 0.6 is 11.8 Å².